The Morgan fingerprint density at radius 2 is 2.00 bits per heavy atom. The molecule has 2 saturated heterocycles. The Kier molecular flexibility index (Phi) is 2.11. The number of rotatable bonds is 0. The molecule has 2 fully saturated rings. The van der Waals surface area contributed by atoms with E-state index in [1.807, 2.05) is 20.8 Å². The molecule has 2 aliphatic heterocycles. The molecule has 0 aromatic carbocycles. The van der Waals surface area contributed by atoms with Crippen LogP contribution in [-0.4, -0.2) is 36.0 Å². The molecule has 76 valence electrons. The minimum Gasteiger partial charge on any atom is -0.368 e. The third kappa shape index (κ3) is 1.59. The van der Waals surface area contributed by atoms with Gasteiger partial charge in [0.15, 0.2) is 12.1 Å². The third-order valence-electron chi connectivity index (χ3n) is 2.62. The van der Waals surface area contributed by atoms with Gasteiger partial charge in [-0.1, -0.05) is 6.92 Å². The summed E-state index contributed by atoms with van der Waals surface area (Å²) in [5.41, 5.74) is 0. The van der Waals surface area contributed by atoms with E-state index in [0.29, 0.717) is 6.61 Å². The van der Waals surface area contributed by atoms with E-state index in [2.05, 4.69) is 0 Å². The molecule has 2 rings (SSSR count). The normalized spacial score (nSPS) is 48.9. The Morgan fingerprint density at radius 3 is 2.69 bits per heavy atom. The zero-order valence-electron chi connectivity index (χ0n) is 8.19. The van der Waals surface area contributed by atoms with Gasteiger partial charge in [-0.25, -0.2) is 0 Å². The van der Waals surface area contributed by atoms with Gasteiger partial charge in [0.05, 0.1) is 12.7 Å². The SMILES string of the molecule is C[C@H]1C(O)OC[C@@H]2OC(C)(C)O[C@@H]21. The highest BCUT2D eigenvalue weighted by Crippen LogP contribution is 2.36. The summed E-state index contributed by atoms with van der Waals surface area (Å²) in [5.74, 6) is -0.572. The van der Waals surface area contributed by atoms with Crippen LogP contribution in [0.25, 0.3) is 0 Å². The maximum atomic E-state index is 9.44. The van der Waals surface area contributed by atoms with Crippen molar-refractivity contribution in [1.29, 1.82) is 0 Å². The van der Waals surface area contributed by atoms with Crippen molar-refractivity contribution < 1.29 is 19.3 Å². The van der Waals surface area contributed by atoms with Crippen LogP contribution in [0.15, 0.2) is 0 Å². The first-order valence-corrected chi connectivity index (χ1v) is 4.65. The van der Waals surface area contributed by atoms with Crippen molar-refractivity contribution in [3.05, 3.63) is 0 Å². The summed E-state index contributed by atoms with van der Waals surface area (Å²) >= 11 is 0. The standard InChI is InChI=1S/C9H16O4/c1-5-7-6(4-11-8(5)10)12-9(2,3)13-7/h5-8,10H,4H2,1-3H3/t5-,6+,7-,8?/m1/s1. The second-order valence-electron chi connectivity index (χ2n) is 4.22. The van der Waals surface area contributed by atoms with Gasteiger partial charge in [-0.05, 0) is 13.8 Å². The average Bonchev–Trinajstić information content (AvgIpc) is 2.34. The van der Waals surface area contributed by atoms with Gasteiger partial charge in [-0.3, -0.25) is 0 Å². The summed E-state index contributed by atoms with van der Waals surface area (Å²) in [6, 6.07) is 0. The summed E-state index contributed by atoms with van der Waals surface area (Å²) in [5, 5.41) is 9.44. The lowest BCUT2D eigenvalue weighted by Crippen LogP contribution is -2.46. The highest BCUT2D eigenvalue weighted by Gasteiger charge is 2.48. The van der Waals surface area contributed by atoms with Crippen LogP contribution < -0.4 is 0 Å². The molecule has 4 atom stereocenters. The van der Waals surface area contributed by atoms with Crippen molar-refractivity contribution in [3.63, 3.8) is 0 Å². The maximum Gasteiger partial charge on any atom is 0.163 e. The van der Waals surface area contributed by atoms with Gasteiger partial charge < -0.3 is 19.3 Å². The van der Waals surface area contributed by atoms with Gasteiger partial charge in [0.2, 0.25) is 0 Å². The molecule has 2 heterocycles. The number of hydrogen-bond donors (Lipinski definition) is 1. The van der Waals surface area contributed by atoms with Crippen LogP contribution in [0.1, 0.15) is 20.8 Å². The van der Waals surface area contributed by atoms with Crippen LogP contribution in [-0.2, 0) is 14.2 Å². The largest absolute Gasteiger partial charge is 0.368 e. The topological polar surface area (TPSA) is 47.9 Å². The molecule has 2 aliphatic rings. The zero-order valence-corrected chi connectivity index (χ0v) is 8.19. The Balaban J connectivity index is 2.11. The second kappa shape index (κ2) is 2.92. The lowest BCUT2D eigenvalue weighted by molar-refractivity contribution is -0.199. The molecule has 4 nitrogen and oxygen atoms in total. The van der Waals surface area contributed by atoms with Gasteiger partial charge in [-0.2, -0.15) is 0 Å². The Hall–Kier alpha value is -0.160. The molecule has 13 heavy (non-hydrogen) atoms. The molecule has 0 radical (unpaired) electrons. The fraction of sp³-hybridized carbons (Fsp3) is 1.00. The quantitative estimate of drug-likeness (QED) is 0.601. The number of hydrogen-bond acceptors (Lipinski definition) is 4. The molecule has 1 N–H and O–H groups in total. The first-order chi connectivity index (χ1) is 5.99. The molecule has 0 saturated carbocycles. The number of ether oxygens (including phenoxy) is 3. The predicted octanol–water partition coefficient (Wildman–Crippen LogP) is 0.491. The molecule has 0 bridgehead atoms. The van der Waals surface area contributed by atoms with Crippen LogP contribution in [0.3, 0.4) is 0 Å². The number of aliphatic hydroxyl groups excluding tert-OH is 1. The second-order valence-corrected chi connectivity index (χ2v) is 4.22. The van der Waals surface area contributed by atoms with Gasteiger partial charge in [0.25, 0.3) is 0 Å². The van der Waals surface area contributed by atoms with Crippen LogP contribution in [0, 0.1) is 5.92 Å². The van der Waals surface area contributed by atoms with E-state index in [0.717, 1.165) is 0 Å². The molecule has 0 spiro atoms. The molecule has 0 amide bonds. The molecular formula is C9H16O4. The van der Waals surface area contributed by atoms with Crippen LogP contribution >= 0.6 is 0 Å². The van der Waals surface area contributed by atoms with Crippen molar-refractivity contribution in [1.82, 2.24) is 0 Å². The Morgan fingerprint density at radius 1 is 1.31 bits per heavy atom. The highest BCUT2D eigenvalue weighted by molar-refractivity contribution is 4.88. The fourth-order valence-corrected chi connectivity index (χ4v) is 1.95. The lowest BCUT2D eigenvalue weighted by atomic mass is 9.97. The highest BCUT2D eigenvalue weighted by atomic mass is 16.8. The predicted molar refractivity (Wildman–Crippen MR) is 44.9 cm³/mol. The monoisotopic (exact) mass is 188 g/mol. The van der Waals surface area contributed by atoms with Crippen molar-refractivity contribution in [2.45, 2.75) is 45.1 Å². The minimum absolute atomic E-state index is 0.0273. The smallest absolute Gasteiger partial charge is 0.163 e. The first kappa shape index (κ1) is 9.40. The molecule has 4 heteroatoms. The summed E-state index contributed by atoms with van der Waals surface area (Å²) in [6.07, 6.45) is -0.800. The lowest BCUT2D eigenvalue weighted by Gasteiger charge is -2.32. The van der Waals surface area contributed by atoms with E-state index in [1.54, 1.807) is 0 Å². The van der Waals surface area contributed by atoms with E-state index in [-0.39, 0.29) is 18.1 Å². The van der Waals surface area contributed by atoms with Crippen molar-refractivity contribution in [3.8, 4) is 0 Å². The average molecular weight is 188 g/mol. The number of fused-ring (bicyclic) bond motifs is 1. The van der Waals surface area contributed by atoms with Crippen LogP contribution in [0.4, 0.5) is 0 Å². The van der Waals surface area contributed by atoms with Gasteiger partial charge >= 0.3 is 0 Å². The molecule has 0 aromatic rings. The maximum absolute atomic E-state index is 9.44. The van der Waals surface area contributed by atoms with E-state index in [1.165, 1.54) is 0 Å². The van der Waals surface area contributed by atoms with E-state index in [9.17, 15) is 5.11 Å². The van der Waals surface area contributed by atoms with E-state index in [4.69, 9.17) is 14.2 Å². The Labute approximate surface area is 77.8 Å². The van der Waals surface area contributed by atoms with E-state index >= 15 is 0 Å². The molecule has 0 aromatic heterocycles. The number of aliphatic hydroxyl groups is 1. The molecular weight excluding hydrogens is 172 g/mol. The molecule has 0 aliphatic carbocycles. The van der Waals surface area contributed by atoms with Crippen molar-refractivity contribution in [2.24, 2.45) is 5.92 Å². The van der Waals surface area contributed by atoms with E-state index < -0.39 is 12.1 Å². The summed E-state index contributed by atoms with van der Waals surface area (Å²) < 4.78 is 16.4. The fourth-order valence-electron chi connectivity index (χ4n) is 1.95. The van der Waals surface area contributed by atoms with Gasteiger partial charge in [0.1, 0.15) is 6.10 Å². The third-order valence-corrected chi connectivity index (χ3v) is 2.62. The van der Waals surface area contributed by atoms with Crippen molar-refractivity contribution >= 4 is 0 Å². The summed E-state index contributed by atoms with van der Waals surface area (Å²) in [6.45, 7) is 6.08. The van der Waals surface area contributed by atoms with Gasteiger partial charge in [0, 0.05) is 5.92 Å². The van der Waals surface area contributed by atoms with Gasteiger partial charge in [-0.15, -0.1) is 0 Å². The van der Waals surface area contributed by atoms with Crippen molar-refractivity contribution in [2.75, 3.05) is 6.61 Å². The Bertz CT molecular complexity index is 204. The summed E-state index contributed by atoms with van der Waals surface area (Å²) in [7, 11) is 0. The zero-order chi connectivity index (χ0) is 9.64. The molecule has 1 unspecified atom stereocenters. The minimum atomic E-state index is -0.723. The van der Waals surface area contributed by atoms with Crippen LogP contribution in [0.2, 0.25) is 0 Å². The summed E-state index contributed by atoms with van der Waals surface area (Å²) in [4.78, 5) is 0. The van der Waals surface area contributed by atoms with Crippen LogP contribution in [0.5, 0.6) is 0 Å². The first-order valence-electron chi connectivity index (χ1n) is 4.65.